The van der Waals surface area contributed by atoms with E-state index in [1.807, 2.05) is 17.8 Å². The quantitative estimate of drug-likeness (QED) is 0.618. The van der Waals surface area contributed by atoms with Gasteiger partial charge in [0.1, 0.15) is 5.82 Å². The van der Waals surface area contributed by atoms with Crippen LogP contribution in [0.25, 0.3) is 0 Å². The van der Waals surface area contributed by atoms with E-state index in [1.54, 1.807) is 13.1 Å². The first kappa shape index (κ1) is 18.1. The summed E-state index contributed by atoms with van der Waals surface area (Å²) in [7, 11) is 1.75. The van der Waals surface area contributed by atoms with Gasteiger partial charge in [0.2, 0.25) is 0 Å². The molecule has 1 aliphatic rings. The number of nitrogens with one attached hydrogen (secondary N) is 2. The van der Waals surface area contributed by atoms with Crippen molar-refractivity contribution in [3.8, 4) is 0 Å². The third kappa shape index (κ3) is 5.70. The highest BCUT2D eigenvalue weighted by molar-refractivity contribution is 8.00. The Bertz CT molecular complexity index is 513. The van der Waals surface area contributed by atoms with Crippen LogP contribution in [0.4, 0.5) is 4.39 Å². The van der Waals surface area contributed by atoms with Gasteiger partial charge in [-0.25, -0.2) is 4.39 Å². The van der Waals surface area contributed by atoms with Crippen molar-refractivity contribution >= 4 is 17.7 Å². The van der Waals surface area contributed by atoms with Crippen LogP contribution in [0.1, 0.15) is 25.3 Å². The number of nitrogens with zero attached hydrogens (tertiary/aromatic N) is 1. The molecule has 0 bridgehead atoms. The van der Waals surface area contributed by atoms with E-state index in [1.165, 1.54) is 12.1 Å². The van der Waals surface area contributed by atoms with E-state index in [0.29, 0.717) is 6.54 Å². The van der Waals surface area contributed by atoms with Gasteiger partial charge >= 0.3 is 0 Å². The van der Waals surface area contributed by atoms with Gasteiger partial charge in [-0.2, -0.15) is 11.8 Å². The molecule has 0 atom stereocenters. The molecule has 128 valence electrons. The average molecular weight is 339 g/mol. The van der Waals surface area contributed by atoms with Crippen molar-refractivity contribution in [1.82, 2.24) is 10.6 Å². The molecule has 0 spiro atoms. The molecule has 2 rings (SSSR count). The van der Waals surface area contributed by atoms with E-state index in [9.17, 15) is 4.39 Å². The summed E-state index contributed by atoms with van der Waals surface area (Å²) < 4.78 is 18.9. The lowest BCUT2D eigenvalue weighted by molar-refractivity contribution is 0.0782. The van der Waals surface area contributed by atoms with E-state index >= 15 is 0 Å². The molecule has 0 radical (unpaired) electrons. The van der Waals surface area contributed by atoms with Crippen LogP contribution < -0.4 is 10.6 Å². The Hall–Kier alpha value is -1.27. The molecule has 1 heterocycles. The fraction of sp³-hybridized carbons (Fsp3) is 0.588. The second kappa shape index (κ2) is 9.13. The molecule has 0 aromatic heterocycles. The Morgan fingerprint density at radius 1 is 1.35 bits per heavy atom. The van der Waals surface area contributed by atoms with Gasteiger partial charge < -0.3 is 15.4 Å². The van der Waals surface area contributed by atoms with Gasteiger partial charge in [0.05, 0.1) is 0 Å². The number of halogens is 1. The van der Waals surface area contributed by atoms with Gasteiger partial charge in [-0.1, -0.05) is 19.1 Å². The first-order valence-corrected chi connectivity index (χ1v) is 9.07. The molecule has 0 saturated carbocycles. The maximum atomic E-state index is 13.2. The molecule has 0 amide bonds. The molecule has 23 heavy (non-hydrogen) atoms. The summed E-state index contributed by atoms with van der Waals surface area (Å²) in [4.78, 5) is 4.26. The summed E-state index contributed by atoms with van der Waals surface area (Å²) in [6.07, 6.45) is 2.11. The van der Waals surface area contributed by atoms with Crippen molar-refractivity contribution in [1.29, 1.82) is 0 Å². The second-order valence-electron chi connectivity index (χ2n) is 5.64. The van der Waals surface area contributed by atoms with Crippen molar-refractivity contribution in [2.24, 2.45) is 4.99 Å². The van der Waals surface area contributed by atoms with Gasteiger partial charge in [-0.3, -0.25) is 4.99 Å². The third-order valence-corrected chi connectivity index (χ3v) is 5.46. The van der Waals surface area contributed by atoms with E-state index in [4.69, 9.17) is 4.74 Å². The van der Waals surface area contributed by atoms with Gasteiger partial charge in [-0.05, 0) is 36.3 Å². The number of ether oxygens (including phenoxy) is 1. The number of thioether (sulfide) groups is 1. The molecular formula is C17H26FN3OS. The fourth-order valence-corrected chi connectivity index (χ4v) is 3.96. The Morgan fingerprint density at radius 2 is 2.13 bits per heavy atom. The summed E-state index contributed by atoms with van der Waals surface area (Å²) in [5.74, 6) is 1.63. The lowest BCUT2D eigenvalue weighted by Gasteiger charge is -2.37. The average Bonchev–Trinajstić information content (AvgIpc) is 2.56. The van der Waals surface area contributed by atoms with Crippen LogP contribution in [0.3, 0.4) is 0 Å². The molecule has 0 unspecified atom stereocenters. The van der Waals surface area contributed by atoms with Crippen molar-refractivity contribution < 1.29 is 9.13 Å². The SMILES string of the molecule is CCSC1(CNC(=NC)NCc2cccc(F)c2)CCOCC1. The molecule has 1 aromatic carbocycles. The zero-order valence-corrected chi connectivity index (χ0v) is 14.7. The Morgan fingerprint density at radius 3 is 2.78 bits per heavy atom. The molecule has 1 aliphatic heterocycles. The zero-order valence-electron chi connectivity index (χ0n) is 13.9. The molecule has 2 N–H and O–H groups in total. The van der Waals surface area contributed by atoms with Crippen LogP contribution in [0, 0.1) is 5.82 Å². The monoisotopic (exact) mass is 339 g/mol. The topological polar surface area (TPSA) is 45.7 Å². The number of rotatable bonds is 6. The highest BCUT2D eigenvalue weighted by Gasteiger charge is 2.32. The zero-order chi connectivity index (χ0) is 16.5. The predicted molar refractivity (Wildman–Crippen MR) is 95.5 cm³/mol. The smallest absolute Gasteiger partial charge is 0.191 e. The van der Waals surface area contributed by atoms with E-state index in [-0.39, 0.29) is 10.6 Å². The highest BCUT2D eigenvalue weighted by atomic mass is 32.2. The van der Waals surface area contributed by atoms with Crippen LogP contribution in [0.5, 0.6) is 0 Å². The van der Waals surface area contributed by atoms with Gasteiger partial charge in [0, 0.05) is 38.1 Å². The Balaban J connectivity index is 1.86. The largest absolute Gasteiger partial charge is 0.381 e. The van der Waals surface area contributed by atoms with Gasteiger partial charge in [0.15, 0.2) is 5.96 Å². The summed E-state index contributed by atoms with van der Waals surface area (Å²) in [5, 5.41) is 6.66. The maximum absolute atomic E-state index is 13.2. The maximum Gasteiger partial charge on any atom is 0.191 e. The van der Waals surface area contributed by atoms with Crippen molar-refractivity contribution in [2.75, 3.05) is 32.6 Å². The fourth-order valence-electron chi connectivity index (χ4n) is 2.72. The summed E-state index contributed by atoms with van der Waals surface area (Å²) in [6, 6.07) is 6.61. The number of hydrogen-bond donors (Lipinski definition) is 2. The highest BCUT2D eigenvalue weighted by Crippen LogP contribution is 2.34. The van der Waals surface area contributed by atoms with Crippen molar-refractivity contribution in [3.05, 3.63) is 35.6 Å². The van der Waals surface area contributed by atoms with Crippen molar-refractivity contribution in [2.45, 2.75) is 31.1 Å². The molecule has 0 aliphatic carbocycles. The normalized spacial score (nSPS) is 17.8. The minimum Gasteiger partial charge on any atom is -0.381 e. The first-order chi connectivity index (χ1) is 11.2. The molecule has 1 saturated heterocycles. The molecule has 4 nitrogen and oxygen atoms in total. The van der Waals surface area contributed by atoms with Crippen LogP contribution in [0.2, 0.25) is 0 Å². The lowest BCUT2D eigenvalue weighted by atomic mass is 9.99. The van der Waals surface area contributed by atoms with Crippen molar-refractivity contribution in [3.63, 3.8) is 0 Å². The van der Waals surface area contributed by atoms with Gasteiger partial charge in [0.25, 0.3) is 0 Å². The summed E-state index contributed by atoms with van der Waals surface area (Å²) in [6.45, 7) is 5.25. The molecule has 6 heteroatoms. The van der Waals surface area contributed by atoms with Crippen LogP contribution in [0.15, 0.2) is 29.3 Å². The van der Waals surface area contributed by atoms with Crippen LogP contribution in [-0.4, -0.2) is 43.3 Å². The number of aliphatic imine (C=N–C) groups is 1. The number of hydrogen-bond acceptors (Lipinski definition) is 3. The third-order valence-electron chi connectivity index (χ3n) is 4.01. The standard InChI is InChI=1S/C17H26FN3OS/c1-3-23-17(7-9-22-10-8-17)13-21-16(19-2)20-12-14-5-4-6-15(18)11-14/h4-6,11H,3,7-10,12-13H2,1-2H3,(H2,19,20,21). The number of benzene rings is 1. The molecule has 1 aromatic rings. The van der Waals surface area contributed by atoms with E-state index in [2.05, 4.69) is 22.5 Å². The minimum atomic E-state index is -0.215. The van der Waals surface area contributed by atoms with Crippen LogP contribution in [-0.2, 0) is 11.3 Å². The summed E-state index contributed by atoms with van der Waals surface area (Å²) >= 11 is 1.99. The first-order valence-electron chi connectivity index (χ1n) is 8.08. The Labute approximate surface area is 142 Å². The Kier molecular flexibility index (Phi) is 7.17. The molecule has 1 fully saturated rings. The van der Waals surface area contributed by atoms with E-state index < -0.39 is 0 Å². The minimum absolute atomic E-state index is 0.212. The predicted octanol–water partition coefficient (Wildman–Crippen LogP) is 2.79. The van der Waals surface area contributed by atoms with Crippen LogP contribution >= 0.6 is 11.8 Å². The molecular weight excluding hydrogens is 313 g/mol. The second-order valence-corrected chi connectivity index (χ2v) is 7.37. The number of guanidine groups is 1. The van der Waals surface area contributed by atoms with Gasteiger partial charge in [-0.15, -0.1) is 0 Å². The lowest BCUT2D eigenvalue weighted by Crippen LogP contribution is -2.48. The van der Waals surface area contributed by atoms with E-state index in [0.717, 1.165) is 49.9 Å². The summed E-state index contributed by atoms with van der Waals surface area (Å²) in [5.41, 5.74) is 0.900.